The normalized spacial score (nSPS) is 10.2. The van der Waals surface area contributed by atoms with Gasteiger partial charge in [0.15, 0.2) is 11.6 Å². The van der Waals surface area contributed by atoms with Gasteiger partial charge in [0, 0.05) is 18.3 Å². The Morgan fingerprint density at radius 3 is 2.65 bits per heavy atom. The van der Waals surface area contributed by atoms with Crippen molar-refractivity contribution in [2.24, 2.45) is 5.84 Å². The third-order valence-electron chi connectivity index (χ3n) is 2.40. The number of pyridine rings is 1. The van der Waals surface area contributed by atoms with Crippen molar-refractivity contribution in [3.8, 4) is 0 Å². The van der Waals surface area contributed by atoms with E-state index in [4.69, 9.17) is 5.84 Å². The maximum Gasteiger partial charge on any atom is 0.274 e. The Morgan fingerprint density at radius 2 is 1.95 bits per heavy atom. The number of nitrogens with one attached hydrogen (secondary N) is 2. The summed E-state index contributed by atoms with van der Waals surface area (Å²) >= 11 is 0. The maximum atomic E-state index is 13.4. The topological polar surface area (TPSA) is 80.0 Å². The largest absolute Gasteiger partial charge is 0.324 e. The number of hydrogen-bond acceptors (Lipinski definition) is 4. The van der Waals surface area contributed by atoms with Crippen LogP contribution in [0.2, 0.25) is 0 Å². The van der Waals surface area contributed by atoms with Gasteiger partial charge < -0.3 is 10.7 Å². The molecule has 1 aromatic carbocycles. The number of carbonyl (C=O) groups is 1. The molecule has 2 aromatic rings. The fraction of sp³-hybridized carbons (Fsp3) is 0. The Bertz CT molecular complexity index is 663. The summed E-state index contributed by atoms with van der Waals surface area (Å²) in [7, 11) is 0. The minimum absolute atomic E-state index is 0.0930. The van der Waals surface area contributed by atoms with Gasteiger partial charge in [-0.05, 0) is 12.1 Å². The Balaban J connectivity index is 2.27. The van der Waals surface area contributed by atoms with Gasteiger partial charge in [0.2, 0.25) is 0 Å². The lowest BCUT2D eigenvalue weighted by molar-refractivity contribution is 0.102. The number of aromatic nitrogens is 1. The van der Waals surface area contributed by atoms with Crippen molar-refractivity contribution in [3.05, 3.63) is 53.6 Å². The smallest absolute Gasteiger partial charge is 0.274 e. The highest BCUT2D eigenvalue weighted by Gasteiger charge is 2.15. The van der Waals surface area contributed by atoms with Crippen LogP contribution in [0.4, 0.5) is 24.5 Å². The number of carbonyl (C=O) groups excluding carboxylic acids is 1. The lowest BCUT2D eigenvalue weighted by atomic mass is 10.2. The molecule has 1 heterocycles. The second-order valence-corrected chi connectivity index (χ2v) is 3.78. The minimum Gasteiger partial charge on any atom is -0.324 e. The molecule has 0 unspecified atom stereocenters. The zero-order valence-corrected chi connectivity index (χ0v) is 9.95. The van der Waals surface area contributed by atoms with E-state index < -0.39 is 29.0 Å². The van der Waals surface area contributed by atoms with Gasteiger partial charge in [0.25, 0.3) is 5.91 Å². The number of nitrogens with two attached hydrogens (primary N) is 1. The zero-order valence-electron chi connectivity index (χ0n) is 9.95. The first kappa shape index (κ1) is 13.8. The van der Waals surface area contributed by atoms with Crippen LogP contribution in [0.15, 0.2) is 30.5 Å². The van der Waals surface area contributed by atoms with Gasteiger partial charge in [-0.2, -0.15) is 0 Å². The van der Waals surface area contributed by atoms with Gasteiger partial charge in [-0.15, -0.1) is 0 Å². The Labute approximate surface area is 111 Å². The molecular weight excluding hydrogens is 273 g/mol. The number of rotatable bonds is 3. The second-order valence-electron chi connectivity index (χ2n) is 3.78. The molecule has 8 heteroatoms. The SMILES string of the molecule is NNc1ccnc(C(=O)Nc2cc(F)cc(F)c2F)c1. The van der Waals surface area contributed by atoms with E-state index in [-0.39, 0.29) is 5.69 Å². The van der Waals surface area contributed by atoms with Crippen LogP contribution in [0.25, 0.3) is 0 Å². The van der Waals surface area contributed by atoms with Gasteiger partial charge in [-0.1, -0.05) is 0 Å². The molecule has 1 amide bonds. The average molecular weight is 282 g/mol. The molecule has 0 fully saturated rings. The summed E-state index contributed by atoms with van der Waals surface area (Å²) in [6.45, 7) is 0. The first-order valence-electron chi connectivity index (χ1n) is 5.40. The lowest BCUT2D eigenvalue weighted by Gasteiger charge is -2.07. The van der Waals surface area contributed by atoms with E-state index in [1.165, 1.54) is 18.3 Å². The fourth-order valence-electron chi connectivity index (χ4n) is 1.48. The quantitative estimate of drug-likeness (QED) is 0.457. The summed E-state index contributed by atoms with van der Waals surface area (Å²) in [5.74, 6) is 0.578. The predicted molar refractivity (Wildman–Crippen MR) is 66.3 cm³/mol. The number of halogens is 3. The highest BCUT2D eigenvalue weighted by molar-refractivity contribution is 6.03. The molecular formula is C12H9F3N4O. The molecule has 0 bridgehead atoms. The Morgan fingerprint density at radius 1 is 1.20 bits per heavy atom. The van der Waals surface area contributed by atoms with Gasteiger partial charge >= 0.3 is 0 Å². The number of hydrazine groups is 1. The van der Waals surface area contributed by atoms with Crippen molar-refractivity contribution in [3.63, 3.8) is 0 Å². The first-order chi connectivity index (χ1) is 9.51. The van der Waals surface area contributed by atoms with E-state index >= 15 is 0 Å². The summed E-state index contributed by atoms with van der Waals surface area (Å²) in [5, 5.41) is 2.03. The van der Waals surface area contributed by atoms with Crippen LogP contribution in [0.3, 0.4) is 0 Å². The number of amides is 1. The van der Waals surface area contributed by atoms with E-state index in [9.17, 15) is 18.0 Å². The molecule has 0 atom stereocenters. The Kier molecular flexibility index (Phi) is 3.85. The highest BCUT2D eigenvalue weighted by Crippen LogP contribution is 2.20. The third kappa shape index (κ3) is 2.86. The summed E-state index contributed by atoms with van der Waals surface area (Å²) in [6, 6.07) is 3.84. The zero-order chi connectivity index (χ0) is 14.7. The van der Waals surface area contributed by atoms with Crippen LogP contribution in [-0.2, 0) is 0 Å². The van der Waals surface area contributed by atoms with Crippen molar-refractivity contribution >= 4 is 17.3 Å². The summed E-state index contributed by atoms with van der Waals surface area (Å²) in [4.78, 5) is 15.5. The number of nitrogens with zero attached hydrogens (tertiary/aromatic N) is 1. The molecule has 0 radical (unpaired) electrons. The third-order valence-corrected chi connectivity index (χ3v) is 2.40. The number of benzene rings is 1. The van der Waals surface area contributed by atoms with Crippen molar-refractivity contribution in [1.82, 2.24) is 4.98 Å². The Hall–Kier alpha value is -2.61. The molecule has 0 aliphatic carbocycles. The van der Waals surface area contributed by atoms with Crippen molar-refractivity contribution in [1.29, 1.82) is 0 Å². The van der Waals surface area contributed by atoms with Crippen LogP contribution in [0.5, 0.6) is 0 Å². The van der Waals surface area contributed by atoms with E-state index in [0.29, 0.717) is 17.8 Å². The monoisotopic (exact) mass is 282 g/mol. The van der Waals surface area contributed by atoms with Crippen LogP contribution >= 0.6 is 0 Å². The van der Waals surface area contributed by atoms with Crippen molar-refractivity contribution in [2.45, 2.75) is 0 Å². The van der Waals surface area contributed by atoms with Gasteiger partial charge in [-0.3, -0.25) is 15.6 Å². The molecule has 20 heavy (non-hydrogen) atoms. The number of nitrogen functional groups attached to an aromatic ring is 1. The molecule has 2 rings (SSSR count). The lowest BCUT2D eigenvalue weighted by Crippen LogP contribution is -2.16. The van der Waals surface area contributed by atoms with Gasteiger partial charge in [-0.25, -0.2) is 13.2 Å². The predicted octanol–water partition coefficient (Wildman–Crippen LogP) is 2.04. The molecule has 104 valence electrons. The van der Waals surface area contributed by atoms with Crippen molar-refractivity contribution < 1.29 is 18.0 Å². The molecule has 0 saturated heterocycles. The number of anilines is 2. The summed E-state index contributed by atoms with van der Waals surface area (Å²) in [6.07, 6.45) is 1.30. The molecule has 0 aliphatic rings. The van der Waals surface area contributed by atoms with Crippen LogP contribution < -0.4 is 16.6 Å². The van der Waals surface area contributed by atoms with E-state index in [0.717, 1.165) is 0 Å². The molecule has 5 nitrogen and oxygen atoms in total. The molecule has 0 aliphatic heterocycles. The molecule has 4 N–H and O–H groups in total. The van der Waals surface area contributed by atoms with Crippen LogP contribution in [-0.4, -0.2) is 10.9 Å². The standard InChI is InChI=1S/C12H9F3N4O/c13-6-3-8(14)11(15)9(4-6)18-12(20)10-5-7(19-16)1-2-17-10/h1-5H,16H2,(H,17,19)(H,18,20). The maximum absolute atomic E-state index is 13.4. The van der Waals surface area contributed by atoms with E-state index in [1.807, 2.05) is 5.32 Å². The fourth-order valence-corrected chi connectivity index (χ4v) is 1.48. The van der Waals surface area contributed by atoms with Gasteiger partial charge in [0.1, 0.15) is 11.5 Å². The first-order valence-corrected chi connectivity index (χ1v) is 5.40. The highest BCUT2D eigenvalue weighted by atomic mass is 19.2. The summed E-state index contributed by atoms with van der Waals surface area (Å²) in [5.41, 5.74) is 2.00. The second kappa shape index (κ2) is 5.57. The number of hydrogen-bond donors (Lipinski definition) is 3. The van der Waals surface area contributed by atoms with E-state index in [1.54, 1.807) is 0 Å². The summed E-state index contributed by atoms with van der Waals surface area (Å²) < 4.78 is 39.4. The minimum atomic E-state index is -1.40. The van der Waals surface area contributed by atoms with Crippen LogP contribution in [0, 0.1) is 17.5 Å². The van der Waals surface area contributed by atoms with Crippen molar-refractivity contribution in [2.75, 3.05) is 10.7 Å². The molecule has 1 aromatic heterocycles. The van der Waals surface area contributed by atoms with Crippen LogP contribution in [0.1, 0.15) is 10.5 Å². The molecule has 0 spiro atoms. The molecule has 0 saturated carbocycles. The van der Waals surface area contributed by atoms with E-state index in [2.05, 4.69) is 10.4 Å². The van der Waals surface area contributed by atoms with Gasteiger partial charge in [0.05, 0.1) is 11.4 Å². The average Bonchev–Trinajstić information content (AvgIpc) is 2.44.